The second-order valence-electron chi connectivity index (χ2n) is 14.3. The Labute approximate surface area is 338 Å². The van der Waals surface area contributed by atoms with Gasteiger partial charge in [0.2, 0.25) is 0 Å². The molecule has 0 amide bonds. The fourth-order valence-electron chi connectivity index (χ4n) is 6.98. The van der Waals surface area contributed by atoms with Crippen LogP contribution < -0.4 is 18.9 Å². The fourth-order valence-corrected chi connectivity index (χ4v) is 6.98. The molecule has 0 radical (unpaired) electrons. The Morgan fingerprint density at radius 2 is 0.789 bits per heavy atom. The molecule has 7 heteroatoms. The maximum absolute atomic E-state index is 7.48. The van der Waals surface area contributed by atoms with E-state index in [4.69, 9.17) is 33.2 Å². The first-order chi connectivity index (χ1) is 27.7. The van der Waals surface area contributed by atoms with Crippen LogP contribution in [0.5, 0.6) is 34.5 Å². The zero-order chi connectivity index (χ0) is 40.1. The van der Waals surface area contributed by atoms with Gasteiger partial charge < -0.3 is 33.2 Å². The van der Waals surface area contributed by atoms with E-state index in [1.807, 2.05) is 123 Å². The number of benzene rings is 6. The third kappa shape index (κ3) is 10.8. The van der Waals surface area contributed by atoms with Crippen LogP contribution >= 0.6 is 0 Å². The molecule has 296 valence electrons. The second-order valence-corrected chi connectivity index (χ2v) is 14.3. The van der Waals surface area contributed by atoms with Crippen molar-refractivity contribution in [1.29, 1.82) is 0 Å². The molecule has 0 bridgehead atoms. The number of hydrogen-bond donors (Lipinski definition) is 0. The summed E-state index contributed by atoms with van der Waals surface area (Å²) in [6.07, 6.45) is 0.0304. The Balaban J connectivity index is 1.43. The summed E-state index contributed by atoms with van der Waals surface area (Å²) in [6, 6.07) is 52.0. The van der Waals surface area contributed by atoms with Crippen molar-refractivity contribution in [2.24, 2.45) is 0 Å². The minimum absolute atomic E-state index is 0.467. The smallest absolute Gasteiger partial charge is 0.127 e. The van der Waals surface area contributed by atoms with Crippen molar-refractivity contribution in [2.45, 2.75) is 63.9 Å². The van der Waals surface area contributed by atoms with Crippen LogP contribution in [0.3, 0.4) is 0 Å². The van der Waals surface area contributed by atoms with Gasteiger partial charge in [-0.2, -0.15) is 0 Å². The molecule has 0 aromatic heterocycles. The Kier molecular flexibility index (Phi) is 14.0. The molecule has 0 heterocycles. The third-order valence-corrected chi connectivity index (χ3v) is 10.3. The summed E-state index contributed by atoms with van der Waals surface area (Å²) in [4.78, 5) is 0. The molecule has 4 unspecified atom stereocenters. The van der Waals surface area contributed by atoms with Crippen molar-refractivity contribution in [2.75, 3.05) is 27.4 Å². The van der Waals surface area contributed by atoms with Crippen LogP contribution in [-0.4, -0.2) is 27.4 Å². The van der Waals surface area contributed by atoms with Crippen molar-refractivity contribution in [3.63, 3.8) is 0 Å². The zero-order valence-electron chi connectivity index (χ0n) is 33.9. The van der Waals surface area contributed by atoms with Crippen LogP contribution in [0.2, 0.25) is 0 Å². The summed E-state index contributed by atoms with van der Waals surface area (Å²) in [7, 11) is 3.50. The number of para-hydroxylation sites is 2. The van der Waals surface area contributed by atoms with E-state index in [9.17, 15) is 0 Å². The maximum Gasteiger partial charge on any atom is 0.127 e. The summed E-state index contributed by atoms with van der Waals surface area (Å²) in [6.45, 7) is 9.35. The molecular formula is C50H54O7. The molecule has 0 aliphatic rings. The van der Waals surface area contributed by atoms with E-state index in [1.165, 1.54) is 0 Å². The number of ether oxygens (including phenoxy) is 7. The SMILES string of the molecule is CCOc1ccc(C(C)(CC(OC(CC(C)(OC)c2ccc(OCC)cc2)c2cccc(Oc3ccccc3)c2)c2cccc(Oc3ccccc3)c2)OC)cc1. The van der Waals surface area contributed by atoms with Crippen molar-refractivity contribution in [3.05, 3.63) is 180 Å². The lowest BCUT2D eigenvalue weighted by molar-refractivity contribution is -0.112. The van der Waals surface area contributed by atoms with Gasteiger partial charge in [0, 0.05) is 27.1 Å². The maximum atomic E-state index is 7.48. The van der Waals surface area contributed by atoms with E-state index in [0.29, 0.717) is 37.6 Å². The van der Waals surface area contributed by atoms with Gasteiger partial charge in [0.15, 0.2) is 0 Å². The van der Waals surface area contributed by atoms with Crippen molar-refractivity contribution in [1.82, 2.24) is 0 Å². The first kappa shape index (κ1) is 41.0. The highest BCUT2D eigenvalue weighted by Gasteiger charge is 2.37. The first-order valence-corrected chi connectivity index (χ1v) is 19.6. The molecule has 0 aliphatic carbocycles. The lowest BCUT2D eigenvalue weighted by atomic mass is 9.85. The van der Waals surface area contributed by atoms with E-state index in [0.717, 1.165) is 45.3 Å². The van der Waals surface area contributed by atoms with E-state index in [1.54, 1.807) is 14.2 Å². The molecule has 0 saturated carbocycles. The highest BCUT2D eigenvalue weighted by molar-refractivity contribution is 5.39. The molecule has 7 nitrogen and oxygen atoms in total. The first-order valence-electron chi connectivity index (χ1n) is 19.6. The normalized spacial score (nSPS) is 14.4. The van der Waals surface area contributed by atoms with Gasteiger partial charge in [-0.05, 0) is 123 Å². The molecular weight excluding hydrogens is 713 g/mol. The van der Waals surface area contributed by atoms with Gasteiger partial charge in [-0.15, -0.1) is 0 Å². The summed E-state index contributed by atoms with van der Waals surface area (Å²) in [5, 5.41) is 0. The molecule has 0 spiro atoms. The summed E-state index contributed by atoms with van der Waals surface area (Å²) in [5.74, 6) is 4.54. The molecule has 0 fully saturated rings. The number of hydrogen-bond acceptors (Lipinski definition) is 7. The molecule has 0 aliphatic heterocycles. The van der Waals surface area contributed by atoms with E-state index >= 15 is 0 Å². The highest BCUT2D eigenvalue weighted by Crippen LogP contribution is 2.45. The topological polar surface area (TPSA) is 64.6 Å². The quantitative estimate of drug-likeness (QED) is 0.0766. The predicted molar refractivity (Wildman–Crippen MR) is 226 cm³/mol. The number of methoxy groups -OCH3 is 2. The van der Waals surface area contributed by atoms with Crippen molar-refractivity contribution < 1.29 is 33.2 Å². The van der Waals surface area contributed by atoms with Gasteiger partial charge in [-0.1, -0.05) is 84.9 Å². The van der Waals surface area contributed by atoms with E-state index < -0.39 is 23.4 Å². The van der Waals surface area contributed by atoms with Gasteiger partial charge in [0.1, 0.15) is 34.5 Å². The highest BCUT2D eigenvalue weighted by atomic mass is 16.5. The molecule has 0 saturated heterocycles. The fraction of sp³-hybridized carbons (Fsp3) is 0.280. The van der Waals surface area contributed by atoms with Gasteiger partial charge in [0.05, 0.1) is 36.6 Å². The second kappa shape index (κ2) is 19.5. The van der Waals surface area contributed by atoms with Crippen LogP contribution in [0.1, 0.15) is 75.0 Å². The van der Waals surface area contributed by atoms with E-state index in [2.05, 4.69) is 62.4 Å². The van der Waals surface area contributed by atoms with Crippen LogP contribution in [0.25, 0.3) is 0 Å². The molecule has 57 heavy (non-hydrogen) atoms. The Bertz CT molecular complexity index is 1950. The zero-order valence-corrected chi connectivity index (χ0v) is 33.9. The Morgan fingerprint density at radius 3 is 1.14 bits per heavy atom. The lowest BCUT2D eigenvalue weighted by Crippen LogP contribution is -2.31. The molecule has 6 aromatic carbocycles. The predicted octanol–water partition coefficient (Wildman–Crippen LogP) is 12.8. The van der Waals surface area contributed by atoms with Gasteiger partial charge in [-0.25, -0.2) is 0 Å². The van der Waals surface area contributed by atoms with Gasteiger partial charge in [0.25, 0.3) is 0 Å². The minimum Gasteiger partial charge on any atom is -0.494 e. The van der Waals surface area contributed by atoms with Crippen LogP contribution in [0.4, 0.5) is 0 Å². The van der Waals surface area contributed by atoms with Crippen molar-refractivity contribution in [3.8, 4) is 34.5 Å². The molecule has 6 aromatic rings. The Morgan fingerprint density at radius 1 is 0.421 bits per heavy atom. The van der Waals surface area contributed by atoms with Gasteiger partial charge >= 0.3 is 0 Å². The van der Waals surface area contributed by atoms with Crippen LogP contribution in [-0.2, 0) is 25.4 Å². The lowest BCUT2D eigenvalue weighted by Gasteiger charge is -2.38. The summed E-state index contributed by atoms with van der Waals surface area (Å²) < 4.78 is 44.5. The standard InChI is InChI=1S/C50H54O7/c1-7-53-41-29-25-39(26-30-41)49(3,51-5)35-47(37-17-15-23-45(33-37)55-43-19-11-9-12-20-43)57-48(36-50(4,52-6)40-27-31-42(32-28-40)54-8-2)38-18-16-24-46(34-38)56-44-21-13-10-14-22-44/h9-34,47-48H,7-8,35-36H2,1-6H3. The third-order valence-electron chi connectivity index (χ3n) is 10.3. The molecule has 0 N–H and O–H groups in total. The molecule has 4 atom stereocenters. The van der Waals surface area contributed by atoms with Crippen LogP contribution in [0.15, 0.2) is 158 Å². The largest absolute Gasteiger partial charge is 0.494 e. The minimum atomic E-state index is -0.742. The van der Waals surface area contributed by atoms with Gasteiger partial charge in [-0.3, -0.25) is 0 Å². The molecule has 6 rings (SSSR count). The summed E-state index contributed by atoms with van der Waals surface area (Å²) in [5.41, 5.74) is 2.41. The average molecular weight is 767 g/mol. The summed E-state index contributed by atoms with van der Waals surface area (Å²) >= 11 is 0. The van der Waals surface area contributed by atoms with E-state index in [-0.39, 0.29) is 0 Å². The average Bonchev–Trinajstić information content (AvgIpc) is 3.24. The monoisotopic (exact) mass is 766 g/mol. The number of rotatable bonds is 20. The van der Waals surface area contributed by atoms with Crippen molar-refractivity contribution >= 4 is 0 Å². The van der Waals surface area contributed by atoms with Crippen LogP contribution in [0, 0.1) is 0 Å². The Hall–Kier alpha value is -5.60.